The number of nitrogens with one attached hydrogen (secondary N) is 2. The Hall–Kier alpha value is -0.0900. The summed E-state index contributed by atoms with van der Waals surface area (Å²) in [5.74, 6) is 1.61. The van der Waals surface area contributed by atoms with Gasteiger partial charge in [-0.25, -0.2) is 8.42 Å². The molecule has 3 N–H and O–H groups in total. The smallest absolute Gasteiger partial charge is 0.191 e. The van der Waals surface area contributed by atoms with Crippen LogP contribution in [0.5, 0.6) is 0 Å². The van der Waals surface area contributed by atoms with E-state index in [4.69, 9.17) is 0 Å². The molecule has 0 bridgehead atoms. The second kappa shape index (κ2) is 13.1. The Morgan fingerprint density at radius 2 is 1.80 bits per heavy atom. The van der Waals surface area contributed by atoms with Crippen LogP contribution in [0.15, 0.2) is 4.99 Å². The number of hydrogen-bond donors (Lipinski definition) is 3. The third-order valence-corrected chi connectivity index (χ3v) is 6.40. The zero-order chi connectivity index (χ0) is 18.8. The number of guanidine groups is 1. The van der Waals surface area contributed by atoms with Crippen molar-refractivity contribution in [1.29, 1.82) is 0 Å². The third kappa shape index (κ3) is 12.0. The van der Waals surface area contributed by atoms with Crippen molar-refractivity contribution in [2.24, 2.45) is 16.8 Å². The van der Waals surface area contributed by atoms with Crippen LogP contribution in [-0.4, -0.2) is 56.2 Å². The maximum atomic E-state index is 12.1. The highest BCUT2D eigenvalue weighted by molar-refractivity contribution is 14.0. The van der Waals surface area contributed by atoms with E-state index < -0.39 is 14.6 Å². The van der Waals surface area contributed by atoms with E-state index >= 15 is 0 Å². The Bertz CT molecular complexity index is 474. The lowest BCUT2D eigenvalue weighted by molar-refractivity contribution is 0.245. The average Bonchev–Trinajstić information content (AvgIpc) is 2.42. The number of sulfone groups is 1. The number of aliphatic hydroxyl groups is 1. The molecule has 25 heavy (non-hydrogen) atoms. The molecule has 0 saturated heterocycles. The Labute approximate surface area is 171 Å². The molecule has 0 aromatic carbocycles. The highest BCUT2D eigenvalue weighted by Crippen LogP contribution is 2.16. The van der Waals surface area contributed by atoms with Crippen molar-refractivity contribution in [2.75, 3.05) is 32.0 Å². The lowest BCUT2D eigenvalue weighted by Gasteiger charge is -2.20. The first-order valence-corrected chi connectivity index (χ1v) is 10.5. The van der Waals surface area contributed by atoms with Crippen molar-refractivity contribution in [1.82, 2.24) is 10.6 Å². The van der Waals surface area contributed by atoms with E-state index in [1.807, 2.05) is 6.92 Å². The maximum Gasteiger partial charge on any atom is 0.191 e. The van der Waals surface area contributed by atoms with Crippen LogP contribution >= 0.6 is 24.0 Å². The summed E-state index contributed by atoms with van der Waals surface area (Å²) in [4.78, 5) is 4.56. The van der Waals surface area contributed by atoms with Crippen LogP contribution in [0.2, 0.25) is 0 Å². The molecule has 0 aromatic heterocycles. The van der Waals surface area contributed by atoms with Crippen LogP contribution in [0.4, 0.5) is 0 Å². The van der Waals surface area contributed by atoms with Gasteiger partial charge in [-0.05, 0) is 52.4 Å². The summed E-state index contributed by atoms with van der Waals surface area (Å²) in [7, 11) is -3.14. The highest BCUT2D eigenvalue weighted by Gasteiger charge is 2.28. The SMILES string of the molecule is CCNC(=NCC(CCO)CC(C)C)NCCS(=O)(=O)C(C)(C)C.I. The number of aliphatic hydroxyl groups excluding tert-OH is 1. The summed E-state index contributed by atoms with van der Waals surface area (Å²) >= 11 is 0. The number of hydrogen-bond acceptors (Lipinski definition) is 4. The molecular formula is C17H38IN3O3S. The van der Waals surface area contributed by atoms with E-state index in [1.54, 1.807) is 20.8 Å². The summed E-state index contributed by atoms with van der Waals surface area (Å²) < 4.78 is 23.5. The van der Waals surface area contributed by atoms with Crippen LogP contribution in [-0.2, 0) is 9.84 Å². The van der Waals surface area contributed by atoms with Crippen LogP contribution in [0.3, 0.4) is 0 Å². The van der Waals surface area contributed by atoms with E-state index in [-0.39, 0.29) is 36.3 Å². The molecule has 0 rings (SSSR count). The molecule has 0 spiro atoms. The Balaban J connectivity index is 0. The van der Waals surface area contributed by atoms with Crippen molar-refractivity contribution in [3.05, 3.63) is 0 Å². The minimum absolute atomic E-state index is 0. The van der Waals surface area contributed by atoms with Gasteiger partial charge in [-0.2, -0.15) is 0 Å². The highest BCUT2D eigenvalue weighted by atomic mass is 127. The zero-order valence-electron chi connectivity index (χ0n) is 16.6. The first kappa shape index (κ1) is 27.1. The molecule has 0 aliphatic rings. The summed E-state index contributed by atoms with van der Waals surface area (Å²) in [5, 5.41) is 15.4. The van der Waals surface area contributed by atoms with Gasteiger partial charge in [-0.3, -0.25) is 4.99 Å². The minimum Gasteiger partial charge on any atom is -0.396 e. The molecule has 6 nitrogen and oxygen atoms in total. The van der Waals surface area contributed by atoms with Crippen molar-refractivity contribution in [3.8, 4) is 0 Å². The van der Waals surface area contributed by atoms with Crippen molar-refractivity contribution >= 4 is 39.8 Å². The topological polar surface area (TPSA) is 90.8 Å². The quantitative estimate of drug-likeness (QED) is 0.248. The lowest BCUT2D eigenvalue weighted by Crippen LogP contribution is -2.42. The van der Waals surface area contributed by atoms with Gasteiger partial charge in [0.2, 0.25) is 0 Å². The van der Waals surface area contributed by atoms with Crippen LogP contribution in [0, 0.1) is 11.8 Å². The first-order chi connectivity index (χ1) is 11.0. The van der Waals surface area contributed by atoms with Crippen molar-refractivity contribution in [2.45, 2.75) is 59.1 Å². The predicted molar refractivity (Wildman–Crippen MR) is 118 cm³/mol. The van der Waals surface area contributed by atoms with Gasteiger partial charge in [0.1, 0.15) is 0 Å². The number of rotatable bonds is 10. The fourth-order valence-corrected chi connectivity index (χ4v) is 3.29. The fraction of sp³-hybridized carbons (Fsp3) is 0.941. The standard InChI is InChI=1S/C17H37N3O3S.HI/c1-7-18-16(19-9-11-24(22,23)17(4,5)6)20-13-15(8-10-21)12-14(2)3;/h14-15,21H,7-13H2,1-6H3,(H2,18,19,20);1H. The summed E-state index contributed by atoms with van der Waals surface area (Å²) in [6.45, 7) is 13.3. The Morgan fingerprint density at radius 1 is 1.20 bits per heavy atom. The van der Waals surface area contributed by atoms with Gasteiger partial charge in [-0.1, -0.05) is 13.8 Å². The molecule has 0 radical (unpaired) electrons. The molecule has 1 atom stereocenters. The van der Waals surface area contributed by atoms with E-state index in [0.717, 1.165) is 12.8 Å². The average molecular weight is 491 g/mol. The molecule has 152 valence electrons. The van der Waals surface area contributed by atoms with E-state index in [9.17, 15) is 13.5 Å². The van der Waals surface area contributed by atoms with E-state index in [2.05, 4.69) is 29.5 Å². The molecular weight excluding hydrogens is 453 g/mol. The lowest BCUT2D eigenvalue weighted by atomic mass is 9.94. The Morgan fingerprint density at radius 3 is 2.24 bits per heavy atom. The molecule has 0 aliphatic carbocycles. The van der Waals surface area contributed by atoms with E-state index in [1.165, 1.54) is 0 Å². The molecule has 1 unspecified atom stereocenters. The summed E-state index contributed by atoms with van der Waals surface area (Å²) in [5.41, 5.74) is 0. The first-order valence-electron chi connectivity index (χ1n) is 8.88. The molecule has 0 aromatic rings. The zero-order valence-corrected chi connectivity index (χ0v) is 19.8. The van der Waals surface area contributed by atoms with Gasteiger partial charge in [0.05, 0.1) is 10.5 Å². The van der Waals surface area contributed by atoms with Crippen LogP contribution < -0.4 is 10.6 Å². The number of halogens is 1. The van der Waals surface area contributed by atoms with Gasteiger partial charge >= 0.3 is 0 Å². The number of aliphatic imine (C=N–C) groups is 1. The second-order valence-electron chi connectivity index (χ2n) is 7.59. The van der Waals surface area contributed by atoms with Crippen LogP contribution in [0.25, 0.3) is 0 Å². The maximum absolute atomic E-state index is 12.1. The van der Waals surface area contributed by atoms with Gasteiger partial charge in [-0.15, -0.1) is 24.0 Å². The van der Waals surface area contributed by atoms with E-state index in [0.29, 0.717) is 37.4 Å². The van der Waals surface area contributed by atoms with Crippen LogP contribution in [0.1, 0.15) is 54.4 Å². The van der Waals surface area contributed by atoms with Gasteiger partial charge in [0, 0.05) is 26.2 Å². The van der Waals surface area contributed by atoms with Crippen molar-refractivity contribution < 1.29 is 13.5 Å². The minimum atomic E-state index is -3.14. The number of nitrogens with zero attached hydrogens (tertiary/aromatic N) is 1. The molecule has 0 saturated carbocycles. The summed E-state index contributed by atoms with van der Waals surface area (Å²) in [6.07, 6.45) is 1.75. The van der Waals surface area contributed by atoms with Crippen molar-refractivity contribution in [3.63, 3.8) is 0 Å². The predicted octanol–water partition coefficient (Wildman–Crippen LogP) is 2.42. The van der Waals surface area contributed by atoms with Gasteiger partial charge in [0.25, 0.3) is 0 Å². The summed E-state index contributed by atoms with van der Waals surface area (Å²) in [6, 6.07) is 0. The molecule has 0 aliphatic heterocycles. The largest absolute Gasteiger partial charge is 0.396 e. The second-order valence-corrected chi connectivity index (χ2v) is 10.4. The molecule has 0 heterocycles. The van der Waals surface area contributed by atoms with Gasteiger partial charge in [0.15, 0.2) is 15.8 Å². The molecule has 8 heteroatoms. The molecule has 0 amide bonds. The van der Waals surface area contributed by atoms with Gasteiger partial charge < -0.3 is 15.7 Å². The third-order valence-electron chi connectivity index (χ3n) is 3.79. The normalized spacial score (nSPS) is 14.2. The molecule has 0 fully saturated rings. The monoisotopic (exact) mass is 491 g/mol. The fourth-order valence-electron chi connectivity index (χ4n) is 2.31. The Kier molecular flexibility index (Phi) is 14.3.